The number of methoxy groups -OCH3 is 1. The minimum absolute atomic E-state index is 0.00194. The summed E-state index contributed by atoms with van der Waals surface area (Å²) in [7, 11) is 0.633. The van der Waals surface area contributed by atoms with Gasteiger partial charge in [-0.05, 0) is 71.0 Å². The van der Waals surface area contributed by atoms with E-state index >= 15 is 4.39 Å². The van der Waals surface area contributed by atoms with Crippen LogP contribution in [0.5, 0.6) is 5.75 Å². The smallest absolute Gasteiger partial charge is 0.464 e. The van der Waals surface area contributed by atoms with Gasteiger partial charge in [-0.1, -0.05) is 20.8 Å². The van der Waals surface area contributed by atoms with Crippen molar-refractivity contribution in [3.63, 3.8) is 0 Å². The van der Waals surface area contributed by atoms with Crippen molar-refractivity contribution in [2.75, 3.05) is 13.9 Å². The van der Waals surface area contributed by atoms with Crippen molar-refractivity contribution in [1.82, 2.24) is 5.32 Å². The molecule has 1 N–H and O–H groups in total. The third kappa shape index (κ3) is 6.21. The number of hydrogen-bond donors (Lipinski definition) is 1. The number of nitrogens with one attached hydrogen (secondary N) is 1. The molecule has 0 unspecified atom stereocenters. The summed E-state index contributed by atoms with van der Waals surface area (Å²) in [5.74, 6) is -1.27. The zero-order valence-electron chi connectivity index (χ0n) is 20.6. The van der Waals surface area contributed by atoms with E-state index in [1.807, 2.05) is 41.5 Å². The average Bonchev–Trinajstić information content (AvgIpc) is 2.78. The van der Waals surface area contributed by atoms with Gasteiger partial charge in [0.1, 0.15) is 0 Å². The van der Waals surface area contributed by atoms with Gasteiger partial charge >= 0.3 is 7.12 Å². The summed E-state index contributed by atoms with van der Waals surface area (Å²) in [4.78, 5) is 13.2. The van der Waals surface area contributed by atoms with E-state index in [2.05, 4.69) is 26.1 Å². The van der Waals surface area contributed by atoms with Crippen LogP contribution in [0.4, 0.5) is 4.39 Å². The van der Waals surface area contributed by atoms with E-state index in [0.717, 1.165) is 6.42 Å². The summed E-state index contributed by atoms with van der Waals surface area (Å²) >= 11 is 0. The first-order chi connectivity index (χ1) is 14.0. The van der Waals surface area contributed by atoms with E-state index in [0.29, 0.717) is 5.46 Å². The second-order valence-corrected chi connectivity index (χ2v) is 11.1. The minimum atomic E-state index is -0.801. The Labute approximate surface area is 186 Å². The zero-order chi connectivity index (χ0) is 23.8. The molecule has 0 aliphatic carbocycles. The number of benzene rings is 1. The first kappa shape index (κ1) is 25.6. The van der Waals surface area contributed by atoms with E-state index in [4.69, 9.17) is 18.8 Å². The highest BCUT2D eigenvalue weighted by molar-refractivity contribution is 6.62. The number of hydrogen-bond acceptors (Lipinski definition) is 5. The summed E-state index contributed by atoms with van der Waals surface area (Å²) in [5.41, 5.74) is -1.19. The Morgan fingerprint density at radius 1 is 1.10 bits per heavy atom. The molecule has 0 aromatic heterocycles. The van der Waals surface area contributed by atoms with E-state index in [9.17, 15) is 4.79 Å². The Balaban J connectivity index is 2.43. The molecule has 1 aromatic rings. The minimum Gasteiger partial charge on any atom is -0.464 e. The lowest BCUT2D eigenvalue weighted by Gasteiger charge is -2.33. The topological polar surface area (TPSA) is 66.0 Å². The van der Waals surface area contributed by atoms with Gasteiger partial charge in [-0.3, -0.25) is 4.79 Å². The molecule has 0 atom stereocenters. The lowest BCUT2D eigenvalue weighted by molar-refractivity contribution is 0.00578. The summed E-state index contributed by atoms with van der Waals surface area (Å²) in [5, 5.41) is 3.02. The van der Waals surface area contributed by atoms with Gasteiger partial charge in [0.15, 0.2) is 18.4 Å². The quantitative estimate of drug-likeness (QED) is 0.515. The highest BCUT2D eigenvalue weighted by Gasteiger charge is 2.52. The third-order valence-electron chi connectivity index (χ3n) is 5.58. The van der Waals surface area contributed by atoms with E-state index in [1.54, 1.807) is 6.07 Å². The second kappa shape index (κ2) is 8.72. The fraction of sp³-hybridized carbons (Fsp3) is 0.696. The van der Waals surface area contributed by atoms with Crippen LogP contribution in [0.3, 0.4) is 0 Å². The maximum Gasteiger partial charge on any atom is 0.494 e. The largest absolute Gasteiger partial charge is 0.494 e. The molecule has 1 fully saturated rings. The Kier molecular flexibility index (Phi) is 7.20. The number of carbonyl (C=O) groups excluding carboxylic acids is 1. The highest BCUT2D eigenvalue weighted by Crippen LogP contribution is 2.37. The number of amides is 1. The maximum atomic E-state index is 15.1. The summed E-state index contributed by atoms with van der Waals surface area (Å²) < 4.78 is 37.5. The van der Waals surface area contributed by atoms with Crippen molar-refractivity contribution in [2.24, 2.45) is 5.41 Å². The van der Waals surface area contributed by atoms with Crippen molar-refractivity contribution >= 4 is 18.5 Å². The van der Waals surface area contributed by atoms with Crippen molar-refractivity contribution in [1.29, 1.82) is 0 Å². The molecular weight excluding hydrogens is 400 g/mol. The van der Waals surface area contributed by atoms with Gasteiger partial charge < -0.3 is 24.1 Å². The Morgan fingerprint density at radius 3 is 2.13 bits per heavy atom. The molecule has 1 heterocycles. The van der Waals surface area contributed by atoms with Crippen molar-refractivity contribution in [2.45, 2.75) is 85.5 Å². The van der Waals surface area contributed by atoms with Gasteiger partial charge in [0.2, 0.25) is 0 Å². The van der Waals surface area contributed by atoms with E-state index in [-0.39, 0.29) is 23.5 Å². The van der Waals surface area contributed by atoms with Gasteiger partial charge in [0, 0.05) is 12.6 Å². The number of ether oxygens (including phenoxy) is 2. The lowest BCUT2D eigenvalue weighted by atomic mass is 9.78. The number of rotatable bonds is 7. The summed E-state index contributed by atoms with van der Waals surface area (Å²) in [6.45, 7) is 17.7. The standard InChI is InChI=1S/C23H37BFNO5/c1-20(2,3)13-21(4,5)26-19(27)16-11-15(12-17(25)18(16)29-14-28-10)24-30-22(6,7)23(8,9)31-24/h11-12H,13-14H2,1-10H3,(H,26,27). The van der Waals surface area contributed by atoms with Crippen LogP contribution in [0.25, 0.3) is 0 Å². The molecule has 2 rings (SSSR count). The van der Waals surface area contributed by atoms with E-state index in [1.165, 1.54) is 13.2 Å². The molecule has 0 bridgehead atoms. The third-order valence-corrected chi connectivity index (χ3v) is 5.58. The molecule has 0 spiro atoms. The zero-order valence-corrected chi connectivity index (χ0v) is 20.6. The van der Waals surface area contributed by atoms with Crippen LogP contribution in [0.1, 0.15) is 79.1 Å². The van der Waals surface area contributed by atoms with Gasteiger partial charge in [-0.15, -0.1) is 0 Å². The predicted molar refractivity (Wildman–Crippen MR) is 120 cm³/mol. The van der Waals surface area contributed by atoms with Crippen LogP contribution in [0.2, 0.25) is 0 Å². The van der Waals surface area contributed by atoms with Gasteiger partial charge in [-0.25, -0.2) is 4.39 Å². The van der Waals surface area contributed by atoms with Crippen LogP contribution in [0.15, 0.2) is 12.1 Å². The summed E-state index contributed by atoms with van der Waals surface area (Å²) in [6.07, 6.45) is 0.736. The SMILES string of the molecule is COCOc1c(F)cc(B2OC(C)(C)C(C)(C)O2)cc1C(=O)NC(C)(C)CC(C)(C)C. The maximum absolute atomic E-state index is 15.1. The fourth-order valence-electron chi connectivity index (χ4n) is 3.91. The molecular formula is C23H37BFNO5. The monoisotopic (exact) mass is 437 g/mol. The van der Waals surface area contributed by atoms with Crippen LogP contribution in [-0.4, -0.2) is 43.7 Å². The van der Waals surface area contributed by atoms with Gasteiger partial charge in [-0.2, -0.15) is 0 Å². The number of halogens is 1. The van der Waals surface area contributed by atoms with Crippen molar-refractivity contribution in [3.05, 3.63) is 23.5 Å². The Hall–Kier alpha value is -1.64. The first-order valence-electron chi connectivity index (χ1n) is 10.6. The molecule has 1 aliphatic heterocycles. The van der Waals surface area contributed by atoms with Crippen molar-refractivity contribution < 1.29 is 28.0 Å². The highest BCUT2D eigenvalue weighted by atomic mass is 19.1. The molecule has 0 radical (unpaired) electrons. The fourth-order valence-corrected chi connectivity index (χ4v) is 3.91. The molecule has 174 valence electrons. The van der Waals surface area contributed by atoms with Crippen molar-refractivity contribution in [3.8, 4) is 5.75 Å². The van der Waals surface area contributed by atoms with Gasteiger partial charge in [0.05, 0.1) is 16.8 Å². The number of carbonyl (C=O) groups is 1. The molecule has 1 amide bonds. The van der Waals surface area contributed by atoms with E-state index < -0.39 is 35.6 Å². The van der Waals surface area contributed by atoms with Crippen LogP contribution < -0.4 is 15.5 Å². The summed E-state index contributed by atoms with van der Waals surface area (Å²) in [6, 6.07) is 2.85. The Bertz CT molecular complexity index is 801. The molecule has 1 saturated heterocycles. The van der Waals surface area contributed by atoms with Gasteiger partial charge in [0.25, 0.3) is 5.91 Å². The second-order valence-electron chi connectivity index (χ2n) is 11.1. The molecule has 1 aromatic carbocycles. The Morgan fingerprint density at radius 2 is 1.65 bits per heavy atom. The first-order valence-corrected chi connectivity index (χ1v) is 10.6. The predicted octanol–water partition coefficient (Wildman–Crippen LogP) is 4.05. The van der Waals surface area contributed by atoms with Crippen LogP contribution in [0, 0.1) is 11.2 Å². The molecule has 1 aliphatic rings. The lowest BCUT2D eigenvalue weighted by Crippen LogP contribution is -2.46. The molecule has 31 heavy (non-hydrogen) atoms. The molecule has 8 heteroatoms. The van der Waals surface area contributed by atoms with Crippen LogP contribution in [-0.2, 0) is 14.0 Å². The normalized spacial score (nSPS) is 18.2. The molecule has 6 nitrogen and oxygen atoms in total. The van der Waals surface area contributed by atoms with Crippen LogP contribution >= 0.6 is 0 Å². The molecule has 0 saturated carbocycles. The average molecular weight is 437 g/mol.